The molecule has 0 unspecified atom stereocenters. The van der Waals surface area contributed by atoms with E-state index in [9.17, 15) is 4.79 Å². The van der Waals surface area contributed by atoms with Gasteiger partial charge in [0.25, 0.3) is 5.91 Å². The molecule has 10 heteroatoms. The van der Waals surface area contributed by atoms with Crippen molar-refractivity contribution in [2.75, 3.05) is 57.9 Å². The minimum Gasteiger partial charge on any atom is -0.497 e. The number of nitrogens with one attached hydrogen (secondary N) is 1. The molecule has 1 saturated heterocycles. The third-order valence-electron chi connectivity index (χ3n) is 5.23. The minimum atomic E-state index is -0.181. The van der Waals surface area contributed by atoms with Crippen LogP contribution in [0.1, 0.15) is 0 Å². The first kappa shape index (κ1) is 22.9. The average Bonchev–Trinajstić information content (AvgIpc) is 3.22. The number of carbonyl (C=O) groups excluding carboxylic acids is 1. The number of carbonyl (C=O) groups is 1. The third-order valence-corrected chi connectivity index (χ3v) is 6.84. The van der Waals surface area contributed by atoms with Crippen LogP contribution in [0.2, 0.25) is 10.0 Å². The van der Waals surface area contributed by atoms with Crippen LogP contribution in [0, 0.1) is 0 Å². The molecule has 1 fully saturated rings. The van der Waals surface area contributed by atoms with E-state index in [4.69, 9.17) is 37.7 Å². The van der Waals surface area contributed by atoms with Crippen LogP contribution in [-0.2, 0) is 4.79 Å². The van der Waals surface area contributed by atoms with Gasteiger partial charge in [-0.1, -0.05) is 34.5 Å². The molecule has 0 saturated carbocycles. The van der Waals surface area contributed by atoms with Gasteiger partial charge in [-0.3, -0.25) is 9.69 Å². The molecule has 1 N–H and O–H groups in total. The largest absolute Gasteiger partial charge is 0.497 e. The summed E-state index contributed by atoms with van der Waals surface area (Å²) in [5, 5.41) is 4.84. The highest BCUT2D eigenvalue weighted by Crippen LogP contribution is 2.32. The van der Waals surface area contributed by atoms with Gasteiger partial charge in [0, 0.05) is 44.3 Å². The number of piperazine rings is 1. The molecule has 0 spiro atoms. The number of methoxy groups -OCH3 is 1. The monoisotopic (exact) mass is 494 g/mol. The Hall–Kier alpha value is -2.26. The lowest BCUT2D eigenvalue weighted by atomic mass is 10.3. The summed E-state index contributed by atoms with van der Waals surface area (Å²) in [6.07, 6.45) is 0. The quantitative estimate of drug-likeness (QED) is 0.511. The smallest absolute Gasteiger partial charge is 0.257 e. The van der Waals surface area contributed by atoms with Gasteiger partial charge in [-0.05, 0) is 36.4 Å². The molecule has 3 aromatic rings. The summed E-state index contributed by atoms with van der Waals surface area (Å²) in [4.78, 5) is 21.5. The molecule has 0 atom stereocenters. The summed E-state index contributed by atoms with van der Waals surface area (Å²) >= 11 is 13.6. The number of aromatic nitrogens is 1. The number of rotatable bonds is 8. The fourth-order valence-corrected chi connectivity index (χ4v) is 4.97. The number of ether oxygens (including phenoxy) is 2. The van der Waals surface area contributed by atoms with Crippen LogP contribution in [0.3, 0.4) is 0 Å². The lowest BCUT2D eigenvalue weighted by Crippen LogP contribution is -2.48. The zero-order valence-electron chi connectivity index (χ0n) is 17.6. The zero-order valence-corrected chi connectivity index (χ0v) is 20.0. The molecular weight excluding hydrogens is 471 g/mol. The van der Waals surface area contributed by atoms with E-state index in [2.05, 4.69) is 15.1 Å². The van der Waals surface area contributed by atoms with Gasteiger partial charge >= 0.3 is 0 Å². The number of amides is 1. The Morgan fingerprint density at radius 1 is 1.16 bits per heavy atom. The number of benzene rings is 2. The van der Waals surface area contributed by atoms with Gasteiger partial charge in [-0.2, -0.15) is 0 Å². The second-order valence-corrected chi connectivity index (χ2v) is 9.22. The van der Waals surface area contributed by atoms with Gasteiger partial charge in [0.2, 0.25) is 0 Å². The lowest BCUT2D eigenvalue weighted by molar-refractivity contribution is -0.123. The van der Waals surface area contributed by atoms with Crippen molar-refractivity contribution in [3.8, 4) is 11.5 Å². The number of thiazole rings is 1. The first-order chi connectivity index (χ1) is 15.5. The molecular formula is C22H24Cl2N4O3S. The second-order valence-electron chi connectivity index (χ2n) is 7.37. The van der Waals surface area contributed by atoms with E-state index in [1.54, 1.807) is 36.6 Å². The number of hydrogen-bond donors (Lipinski definition) is 1. The van der Waals surface area contributed by atoms with Crippen LogP contribution in [0.5, 0.6) is 11.5 Å². The number of hydrogen-bond acceptors (Lipinski definition) is 7. The first-order valence-electron chi connectivity index (χ1n) is 10.3. The molecule has 0 aliphatic carbocycles. The Morgan fingerprint density at radius 3 is 2.72 bits per heavy atom. The molecule has 4 rings (SSSR count). The molecule has 1 amide bonds. The summed E-state index contributed by atoms with van der Waals surface area (Å²) in [5.74, 6) is 1.11. The Labute approximate surface area is 200 Å². The maximum atomic E-state index is 12.1. The van der Waals surface area contributed by atoms with E-state index in [1.807, 2.05) is 18.2 Å². The van der Waals surface area contributed by atoms with E-state index in [-0.39, 0.29) is 12.5 Å². The summed E-state index contributed by atoms with van der Waals surface area (Å²) in [6.45, 7) is 4.93. The SMILES string of the molecule is COc1ccc2nc(N3CCN(CCNC(=O)COc4ccc(Cl)cc4Cl)CC3)sc2c1. The zero-order chi connectivity index (χ0) is 22.5. The molecule has 7 nitrogen and oxygen atoms in total. The fraction of sp³-hybridized carbons (Fsp3) is 0.364. The highest BCUT2D eigenvalue weighted by molar-refractivity contribution is 7.22. The Bertz CT molecular complexity index is 1090. The standard InChI is InChI=1S/C22H24Cl2N4O3S/c1-30-16-3-4-18-20(13-16)32-22(26-18)28-10-8-27(9-11-28)7-6-25-21(29)14-31-19-5-2-15(23)12-17(19)24/h2-5,12-13H,6-11,14H2,1H3,(H,25,29). The van der Waals surface area contributed by atoms with Gasteiger partial charge in [0.1, 0.15) is 11.5 Å². The summed E-state index contributed by atoms with van der Waals surface area (Å²) in [6, 6.07) is 10.9. The Morgan fingerprint density at radius 2 is 1.97 bits per heavy atom. The average molecular weight is 495 g/mol. The molecule has 2 aromatic carbocycles. The van der Waals surface area contributed by atoms with Gasteiger partial charge < -0.3 is 19.7 Å². The fourth-order valence-electron chi connectivity index (χ4n) is 3.46. The van der Waals surface area contributed by atoms with Crippen LogP contribution in [0.25, 0.3) is 10.2 Å². The van der Waals surface area contributed by atoms with Gasteiger partial charge in [0.15, 0.2) is 11.7 Å². The number of nitrogens with zero attached hydrogens (tertiary/aromatic N) is 3. The van der Waals surface area contributed by atoms with Crippen molar-refractivity contribution in [1.82, 2.24) is 15.2 Å². The third kappa shape index (κ3) is 5.75. The number of halogens is 2. The molecule has 1 aliphatic rings. The minimum absolute atomic E-state index is 0.0858. The predicted octanol–water partition coefficient (Wildman–Crippen LogP) is 3.93. The topological polar surface area (TPSA) is 66.9 Å². The van der Waals surface area contributed by atoms with Crippen molar-refractivity contribution < 1.29 is 14.3 Å². The highest BCUT2D eigenvalue weighted by atomic mass is 35.5. The van der Waals surface area contributed by atoms with Crippen molar-refractivity contribution in [3.63, 3.8) is 0 Å². The van der Waals surface area contributed by atoms with Crippen molar-refractivity contribution >= 4 is 55.8 Å². The van der Waals surface area contributed by atoms with Crippen LogP contribution in [0.15, 0.2) is 36.4 Å². The summed E-state index contributed by atoms with van der Waals surface area (Å²) in [5.41, 5.74) is 0.998. The van der Waals surface area contributed by atoms with Crippen LogP contribution in [-0.4, -0.2) is 68.8 Å². The van der Waals surface area contributed by atoms with E-state index in [0.717, 1.165) is 53.8 Å². The van der Waals surface area contributed by atoms with Crippen molar-refractivity contribution in [2.24, 2.45) is 0 Å². The first-order valence-corrected chi connectivity index (χ1v) is 11.9. The van der Waals surface area contributed by atoms with Crippen molar-refractivity contribution in [2.45, 2.75) is 0 Å². The van der Waals surface area contributed by atoms with E-state index < -0.39 is 0 Å². The van der Waals surface area contributed by atoms with Crippen LogP contribution in [0.4, 0.5) is 5.13 Å². The molecule has 2 heterocycles. The van der Waals surface area contributed by atoms with E-state index in [1.165, 1.54) is 0 Å². The summed E-state index contributed by atoms with van der Waals surface area (Å²) in [7, 11) is 1.67. The van der Waals surface area contributed by atoms with Crippen LogP contribution < -0.4 is 19.7 Å². The predicted molar refractivity (Wildman–Crippen MR) is 130 cm³/mol. The number of anilines is 1. The molecule has 32 heavy (non-hydrogen) atoms. The van der Waals surface area contributed by atoms with Gasteiger partial charge in [-0.15, -0.1) is 0 Å². The molecule has 170 valence electrons. The lowest BCUT2D eigenvalue weighted by Gasteiger charge is -2.34. The Kier molecular flexibility index (Phi) is 7.57. The van der Waals surface area contributed by atoms with Gasteiger partial charge in [0.05, 0.1) is 22.3 Å². The van der Waals surface area contributed by atoms with E-state index in [0.29, 0.717) is 22.3 Å². The highest BCUT2D eigenvalue weighted by Gasteiger charge is 2.20. The molecule has 1 aromatic heterocycles. The van der Waals surface area contributed by atoms with Crippen LogP contribution >= 0.6 is 34.5 Å². The maximum Gasteiger partial charge on any atom is 0.257 e. The maximum absolute atomic E-state index is 12.1. The van der Waals surface area contributed by atoms with Crippen molar-refractivity contribution in [3.05, 3.63) is 46.4 Å². The second kappa shape index (κ2) is 10.6. The summed E-state index contributed by atoms with van der Waals surface area (Å²) < 4.78 is 11.9. The Balaban J connectivity index is 1.18. The molecule has 0 radical (unpaired) electrons. The van der Waals surface area contributed by atoms with Gasteiger partial charge in [-0.25, -0.2) is 4.98 Å². The molecule has 0 bridgehead atoms. The molecule has 1 aliphatic heterocycles. The normalized spacial score (nSPS) is 14.5. The van der Waals surface area contributed by atoms with Crippen molar-refractivity contribution in [1.29, 1.82) is 0 Å². The van der Waals surface area contributed by atoms with E-state index >= 15 is 0 Å². The number of fused-ring (bicyclic) bond motifs is 1.